The van der Waals surface area contributed by atoms with E-state index in [0.717, 1.165) is 33.9 Å². The lowest BCUT2D eigenvalue weighted by Gasteiger charge is -2.42. The van der Waals surface area contributed by atoms with Crippen LogP contribution in [0.5, 0.6) is 5.75 Å². The molecular formula is C25H17N5OS. The standard InChI is InChI=1S/C25H17N5OS/c1-31-20-9-7-16(8-10-20)22-13-25(19-5-3-2-4-6-19)29-21-11-17(14-26)18(15-27)12-23(21)30(25)24(32)28-22/h2-13,29H,1H3,(H,28,32). The van der Waals surface area contributed by atoms with Gasteiger partial charge in [0.15, 0.2) is 10.8 Å². The van der Waals surface area contributed by atoms with E-state index >= 15 is 0 Å². The molecule has 0 aliphatic carbocycles. The first-order valence-corrected chi connectivity index (χ1v) is 10.3. The number of benzene rings is 3. The third kappa shape index (κ3) is 2.88. The van der Waals surface area contributed by atoms with Crippen LogP contribution in [0.1, 0.15) is 22.3 Å². The van der Waals surface area contributed by atoms with E-state index in [-0.39, 0.29) is 0 Å². The summed E-state index contributed by atoms with van der Waals surface area (Å²) in [7, 11) is 1.63. The number of nitrogens with zero attached hydrogens (tertiary/aromatic N) is 3. The Kier molecular flexibility index (Phi) is 4.55. The van der Waals surface area contributed by atoms with Gasteiger partial charge in [0.05, 0.1) is 29.6 Å². The third-order valence-corrected chi connectivity index (χ3v) is 5.99. The molecule has 154 valence electrons. The van der Waals surface area contributed by atoms with Gasteiger partial charge in [-0.2, -0.15) is 10.5 Å². The molecule has 0 amide bonds. The van der Waals surface area contributed by atoms with Crippen LogP contribution >= 0.6 is 12.2 Å². The first-order valence-electron chi connectivity index (χ1n) is 9.90. The summed E-state index contributed by atoms with van der Waals surface area (Å²) in [6.07, 6.45) is 2.08. The molecule has 0 radical (unpaired) electrons. The molecule has 0 spiro atoms. The van der Waals surface area contributed by atoms with Gasteiger partial charge in [-0.15, -0.1) is 0 Å². The van der Waals surface area contributed by atoms with E-state index in [1.54, 1.807) is 19.2 Å². The number of rotatable bonds is 3. The number of nitrogens with one attached hydrogen (secondary N) is 2. The van der Waals surface area contributed by atoms with Crippen LogP contribution in [0.15, 0.2) is 72.8 Å². The summed E-state index contributed by atoms with van der Waals surface area (Å²) in [5.41, 5.74) is 4.07. The fourth-order valence-corrected chi connectivity index (χ4v) is 4.55. The quantitative estimate of drug-likeness (QED) is 0.588. The Morgan fingerprint density at radius 2 is 1.66 bits per heavy atom. The van der Waals surface area contributed by atoms with E-state index in [4.69, 9.17) is 17.0 Å². The summed E-state index contributed by atoms with van der Waals surface area (Å²) in [5, 5.41) is 26.5. The molecule has 0 aromatic heterocycles. The van der Waals surface area contributed by atoms with Gasteiger partial charge in [-0.1, -0.05) is 30.3 Å². The smallest absolute Gasteiger partial charge is 0.180 e. The van der Waals surface area contributed by atoms with Crippen LogP contribution in [0, 0.1) is 22.7 Å². The maximum Gasteiger partial charge on any atom is 0.180 e. The zero-order valence-electron chi connectivity index (χ0n) is 17.1. The first kappa shape index (κ1) is 19.6. The van der Waals surface area contributed by atoms with E-state index in [1.807, 2.05) is 59.5 Å². The van der Waals surface area contributed by atoms with Crippen molar-refractivity contribution in [3.8, 4) is 17.9 Å². The van der Waals surface area contributed by atoms with E-state index in [2.05, 4.69) is 28.8 Å². The molecule has 2 aliphatic heterocycles. The molecule has 7 heteroatoms. The molecule has 6 nitrogen and oxygen atoms in total. The minimum atomic E-state index is -0.817. The highest BCUT2D eigenvalue weighted by molar-refractivity contribution is 7.80. The summed E-state index contributed by atoms with van der Waals surface area (Å²) in [6, 6.07) is 25.3. The Balaban J connectivity index is 1.73. The van der Waals surface area contributed by atoms with Crippen molar-refractivity contribution < 1.29 is 4.74 Å². The van der Waals surface area contributed by atoms with E-state index in [9.17, 15) is 10.5 Å². The van der Waals surface area contributed by atoms with Crippen LogP contribution in [0.25, 0.3) is 5.70 Å². The van der Waals surface area contributed by atoms with Gasteiger partial charge in [-0.05, 0) is 60.3 Å². The molecule has 5 rings (SSSR count). The second kappa shape index (κ2) is 7.42. The molecule has 0 fully saturated rings. The Hall–Kier alpha value is -4.33. The number of thiocarbonyl (C=S) groups is 1. The van der Waals surface area contributed by atoms with E-state index in [0.29, 0.717) is 16.2 Å². The van der Waals surface area contributed by atoms with Crippen LogP contribution in [-0.2, 0) is 5.66 Å². The number of fused-ring (bicyclic) bond motifs is 3. The summed E-state index contributed by atoms with van der Waals surface area (Å²) in [5.74, 6) is 0.770. The molecule has 2 heterocycles. The fraction of sp³-hybridized carbons (Fsp3) is 0.0800. The fourth-order valence-electron chi connectivity index (χ4n) is 4.20. The highest BCUT2D eigenvalue weighted by Crippen LogP contribution is 2.49. The van der Waals surface area contributed by atoms with Gasteiger partial charge in [0, 0.05) is 11.3 Å². The van der Waals surface area contributed by atoms with Crippen LogP contribution in [0.4, 0.5) is 11.4 Å². The third-order valence-electron chi connectivity index (χ3n) is 5.71. The number of anilines is 2. The average Bonchev–Trinajstić information content (AvgIpc) is 3.18. The molecule has 32 heavy (non-hydrogen) atoms. The zero-order chi connectivity index (χ0) is 22.3. The lowest BCUT2D eigenvalue weighted by Crippen LogP contribution is -2.56. The van der Waals surface area contributed by atoms with Gasteiger partial charge in [-0.25, -0.2) is 0 Å². The average molecular weight is 436 g/mol. The van der Waals surface area contributed by atoms with Crippen molar-refractivity contribution in [2.75, 3.05) is 17.3 Å². The molecule has 0 saturated carbocycles. The summed E-state index contributed by atoms with van der Waals surface area (Å²) >= 11 is 5.82. The maximum absolute atomic E-state index is 9.55. The van der Waals surface area contributed by atoms with Gasteiger partial charge in [0.25, 0.3) is 0 Å². The zero-order valence-corrected chi connectivity index (χ0v) is 17.9. The van der Waals surface area contributed by atoms with Crippen molar-refractivity contribution in [3.63, 3.8) is 0 Å². The van der Waals surface area contributed by atoms with Crippen LogP contribution < -0.4 is 20.3 Å². The predicted octanol–water partition coefficient (Wildman–Crippen LogP) is 4.45. The Bertz CT molecular complexity index is 1350. The van der Waals surface area contributed by atoms with E-state index < -0.39 is 5.66 Å². The highest BCUT2D eigenvalue weighted by Gasteiger charge is 2.48. The summed E-state index contributed by atoms with van der Waals surface area (Å²) < 4.78 is 5.28. The van der Waals surface area contributed by atoms with Crippen molar-refractivity contribution >= 4 is 34.4 Å². The second-order valence-electron chi connectivity index (χ2n) is 7.45. The minimum absolute atomic E-state index is 0.310. The Morgan fingerprint density at radius 3 is 2.31 bits per heavy atom. The first-order chi connectivity index (χ1) is 15.6. The molecule has 3 aromatic rings. The monoisotopic (exact) mass is 435 g/mol. The van der Waals surface area contributed by atoms with Gasteiger partial charge >= 0.3 is 0 Å². The van der Waals surface area contributed by atoms with Gasteiger partial charge < -0.3 is 15.4 Å². The second-order valence-corrected chi connectivity index (χ2v) is 7.83. The largest absolute Gasteiger partial charge is 0.497 e. The van der Waals surface area contributed by atoms with Crippen molar-refractivity contribution in [1.29, 1.82) is 10.5 Å². The lowest BCUT2D eigenvalue weighted by atomic mass is 9.94. The maximum atomic E-state index is 9.55. The molecule has 0 saturated heterocycles. The molecular weight excluding hydrogens is 418 g/mol. The van der Waals surface area contributed by atoms with Gasteiger partial charge in [0.2, 0.25) is 0 Å². The molecule has 2 N–H and O–H groups in total. The summed E-state index contributed by atoms with van der Waals surface area (Å²) in [6.45, 7) is 0. The Morgan fingerprint density at radius 1 is 0.969 bits per heavy atom. The minimum Gasteiger partial charge on any atom is -0.497 e. The number of methoxy groups -OCH3 is 1. The predicted molar refractivity (Wildman–Crippen MR) is 127 cm³/mol. The van der Waals surface area contributed by atoms with Crippen molar-refractivity contribution in [3.05, 3.63) is 95.1 Å². The van der Waals surface area contributed by atoms with Crippen molar-refractivity contribution in [2.24, 2.45) is 0 Å². The highest BCUT2D eigenvalue weighted by atomic mass is 32.1. The SMILES string of the molecule is COc1ccc(C2=CC3(c4ccccc4)Nc4cc(C#N)c(C#N)cc4N3C(=S)N2)cc1. The normalized spacial score (nSPS) is 18.3. The van der Waals surface area contributed by atoms with Crippen LogP contribution in [0.3, 0.4) is 0 Å². The van der Waals surface area contributed by atoms with Crippen LogP contribution in [-0.4, -0.2) is 12.2 Å². The number of nitriles is 2. The number of hydrogen-bond acceptors (Lipinski definition) is 5. The van der Waals surface area contributed by atoms with E-state index in [1.165, 1.54) is 0 Å². The molecule has 3 aromatic carbocycles. The molecule has 2 aliphatic rings. The Labute approximate surface area is 191 Å². The van der Waals surface area contributed by atoms with Gasteiger partial charge in [-0.3, -0.25) is 4.90 Å². The molecule has 0 bridgehead atoms. The number of hydrogen-bond donors (Lipinski definition) is 2. The van der Waals surface area contributed by atoms with Crippen LogP contribution in [0.2, 0.25) is 0 Å². The number of ether oxygens (including phenoxy) is 1. The molecule has 1 unspecified atom stereocenters. The lowest BCUT2D eigenvalue weighted by molar-refractivity contribution is 0.415. The summed E-state index contributed by atoms with van der Waals surface area (Å²) in [4.78, 5) is 1.96. The van der Waals surface area contributed by atoms with Gasteiger partial charge in [0.1, 0.15) is 17.9 Å². The topological polar surface area (TPSA) is 84.1 Å². The molecule has 1 atom stereocenters. The van der Waals surface area contributed by atoms with Crippen molar-refractivity contribution in [2.45, 2.75) is 5.66 Å². The van der Waals surface area contributed by atoms with Crippen molar-refractivity contribution in [1.82, 2.24) is 5.32 Å².